The largest absolute Gasteiger partial charge is 0.497 e. The Kier molecular flexibility index (Phi) is 3.92. The maximum atomic E-state index is 12.4. The maximum absolute atomic E-state index is 12.4. The molecular weight excluding hydrogens is 294 g/mol. The Morgan fingerprint density at radius 1 is 1.04 bits per heavy atom. The normalized spacial score (nSPS) is 11.0. The lowest BCUT2D eigenvalue weighted by Gasteiger charge is -2.03. The van der Waals surface area contributed by atoms with Crippen molar-refractivity contribution in [2.45, 2.75) is 0 Å². The third-order valence-electron chi connectivity index (χ3n) is 3.25. The van der Waals surface area contributed by atoms with Crippen LogP contribution < -0.4 is 16.0 Å². The molecule has 3 N–H and O–H groups in total. The highest BCUT2D eigenvalue weighted by molar-refractivity contribution is 5.57. The Morgan fingerprint density at radius 2 is 1.74 bits per heavy atom. The highest BCUT2D eigenvalue weighted by atomic mass is 16.5. The number of hydrogen-bond donors (Lipinski definition) is 2. The quantitative estimate of drug-likeness (QED) is 0.724. The van der Waals surface area contributed by atoms with Crippen molar-refractivity contribution in [2.24, 2.45) is 10.2 Å². The van der Waals surface area contributed by atoms with E-state index < -0.39 is 0 Å². The van der Waals surface area contributed by atoms with E-state index in [1.807, 2.05) is 18.2 Å². The fourth-order valence-electron chi connectivity index (χ4n) is 2.06. The lowest BCUT2D eigenvalue weighted by molar-refractivity contribution is 0.414. The van der Waals surface area contributed by atoms with E-state index in [9.17, 15) is 4.79 Å². The summed E-state index contributed by atoms with van der Waals surface area (Å²) in [4.78, 5) is 12.4. The number of aromatic amines is 1. The van der Waals surface area contributed by atoms with Gasteiger partial charge >= 0.3 is 5.56 Å². The zero-order valence-electron chi connectivity index (χ0n) is 12.4. The molecule has 0 bridgehead atoms. The van der Waals surface area contributed by atoms with Crippen LogP contribution in [0.3, 0.4) is 0 Å². The molecule has 0 fully saturated rings. The predicted octanol–water partition coefficient (Wildman–Crippen LogP) is 3.17. The van der Waals surface area contributed by atoms with Crippen LogP contribution in [0.2, 0.25) is 0 Å². The first-order chi connectivity index (χ1) is 11.2. The van der Waals surface area contributed by atoms with Crippen molar-refractivity contribution in [3.63, 3.8) is 0 Å². The monoisotopic (exact) mass is 309 g/mol. The van der Waals surface area contributed by atoms with Crippen molar-refractivity contribution >= 4 is 17.2 Å². The van der Waals surface area contributed by atoms with Crippen LogP contribution in [0.15, 0.2) is 69.6 Å². The number of hydrogen-bond acceptors (Lipinski definition) is 5. The summed E-state index contributed by atoms with van der Waals surface area (Å²) >= 11 is 0. The number of nitrogen functional groups attached to an aromatic ring is 1. The molecule has 1 aromatic heterocycles. The summed E-state index contributed by atoms with van der Waals surface area (Å²) in [5.74, 6) is 0.857. The van der Waals surface area contributed by atoms with Crippen molar-refractivity contribution in [2.75, 3.05) is 12.8 Å². The smallest absolute Gasteiger partial charge is 0.301 e. The van der Waals surface area contributed by atoms with Crippen LogP contribution in [-0.4, -0.2) is 16.9 Å². The number of rotatable bonds is 4. The van der Waals surface area contributed by atoms with E-state index in [2.05, 4.69) is 15.3 Å². The molecule has 0 aliphatic rings. The van der Waals surface area contributed by atoms with Crippen LogP contribution in [0, 0.1) is 0 Å². The van der Waals surface area contributed by atoms with Gasteiger partial charge in [-0.1, -0.05) is 18.2 Å². The second-order valence-electron chi connectivity index (χ2n) is 4.75. The summed E-state index contributed by atoms with van der Waals surface area (Å²) in [6.45, 7) is 0. The highest BCUT2D eigenvalue weighted by Crippen LogP contribution is 2.21. The summed E-state index contributed by atoms with van der Waals surface area (Å²) in [7, 11) is 1.58. The molecule has 116 valence electrons. The summed E-state index contributed by atoms with van der Waals surface area (Å²) in [5, 5.41) is 10.8. The molecule has 1 heterocycles. The van der Waals surface area contributed by atoms with E-state index in [1.54, 1.807) is 43.5 Å². The Hall–Kier alpha value is -3.35. The van der Waals surface area contributed by atoms with Crippen molar-refractivity contribution < 1.29 is 4.74 Å². The number of aromatic nitrogens is 2. The SMILES string of the molecule is COc1ccc(-n2[nH]c(N)c(N=Nc3ccccc3)c2=O)cc1. The van der Waals surface area contributed by atoms with E-state index in [-0.39, 0.29) is 17.1 Å². The molecule has 0 spiro atoms. The number of benzene rings is 2. The average molecular weight is 309 g/mol. The molecule has 0 aliphatic carbocycles. The molecule has 0 radical (unpaired) electrons. The Morgan fingerprint density at radius 3 is 2.39 bits per heavy atom. The first kappa shape index (κ1) is 14.6. The van der Waals surface area contributed by atoms with Crippen LogP contribution in [-0.2, 0) is 0 Å². The number of nitrogens with two attached hydrogens (primary N) is 1. The summed E-state index contributed by atoms with van der Waals surface area (Å²) in [6, 6.07) is 16.1. The van der Waals surface area contributed by atoms with Crippen molar-refractivity contribution in [3.8, 4) is 11.4 Å². The van der Waals surface area contributed by atoms with Crippen LogP contribution in [0.25, 0.3) is 5.69 Å². The molecule has 0 saturated heterocycles. The molecule has 2 aromatic carbocycles. The van der Waals surface area contributed by atoms with Gasteiger partial charge in [0.1, 0.15) is 11.6 Å². The Balaban J connectivity index is 1.96. The number of H-pyrrole nitrogens is 1. The molecule has 0 atom stereocenters. The van der Waals surface area contributed by atoms with Crippen molar-refractivity contribution in [3.05, 3.63) is 65.0 Å². The maximum Gasteiger partial charge on any atom is 0.301 e. The number of nitrogens with one attached hydrogen (secondary N) is 1. The van der Waals surface area contributed by atoms with Gasteiger partial charge in [0.2, 0.25) is 0 Å². The molecule has 0 unspecified atom stereocenters. The van der Waals surface area contributed by atoms with E-state index in [4.69, 9.17) is 10.5 Å². The van der Waals surface area contributed by atoms with Gasteiger partial charge in [-0.25, -0.2) is 4.68 Å². The van der Waals surface area contributed by atoms with Gasteiger partial charge in [0.25, 0.3) is 0 Å². The van der Waals surface area contributed by atoms with E-state index in [1.165, 1.54) is 4.68 Å². The fraction of sp³-hybridized carbons (Fsp3) is 0.0625. The van der Waals surface area contributed by atoms with Crippen LogP contribution in [0.4, 0.5) is 17.2 Å². The van der Waals surface area contributed by atoms with Crippen molar-refractivity contribution in [1.29, 1.82) is 0 Å². The molecule has 3 rings (SSSR count). The van der Waals surface area contributed by atoms with Gasteiger partial charge < -0.3 is 10.5 Å². The third-order valence-corrected chi connectivity index (χ3v) is 3.25. The van der Waals surface area contributed by atoms with E-state index >= 15 is 0 Å². The molecule has 0 aliphatic heterocycles. The molecule has 7 nitrogen and oxygen atoms in total. The Bertz CT molecular complexity index is 879. The number of methoxy groups -OCH3 is 1. The van der Waals surface area contributed by atoms with Crippen LogP contribution in [0.1, 0.15) is 0 Å². The molecule has 0 saturated carbocycles. The lowest BCUT2D eigenvalue weighted by Crippen LogP contribution is -2.13. The first-order valence-electron chi connectivity index (χ1n) is 6.91. The number of ether oxygens (including phenoxy) is 1. The van der Waals surface area contributed by atoms with Gasteiger partial charge in [0.05, 0.1) is 18.5 Å². The standard InChI is InChI=1S/C16H15N5O2/c1-23-13-9-7-12(8-10-13)21-16(22)14(15(17)20-21)19-18-11-5-3-2-4-6-11/h2-10,20H,17H2,1H3. The zero-order chi connectivity index (χ0) is 16.2. The molecule has 3 aromatic rings. The second-order valence-corrected chi connectivity index (χ2v) is 4.75. The predicted molar refractivity (Wildman–Crippen MR) is 88.0 cm³/mol. The fourth-order valence-corrected chi connectivity index (χ4v) is 2.06. The summed E-state index contributed by atoms with van der Waals surface area (Å²) in [6.07, 6.45) is 0. The minimum Gasteiger partial charge on any atom is -0.497 e. The van der Waals surface area contributed by atoms with E-state index in [0.29, 0.717) is 17.1 Å². The average Bonchev–Trinajstić information content (AvgIpc) is 2.88. The second kappa shape index (κ2) is 6.18. The van der Waals surface area contributed by atoms with Gasteiger partial charge in [0.15, 0.2) is 5.69 Å². The van der Waals surface area contributed by atoms with E-state index in [0.717, 1.165) is 0 Å². The number of azo groups is 1. The van der Waals surface area contributed by atoms with Gasteiger partial charge in [-0.2, -0.15) is 5.11 Å². The number of nitrogens with zero attached hydrogens (tertiary/aromatic N) is 3. The van der Waals surface area contributed by atoms with Gasteiger partial charge in [-0.3, -0.25) is 9.89 Å². The van der Waals surface area contributed by atoms with Crippen LogP contribution in [0.5, 0.6) is 5.75 Å². The molecule has 0 amide bonds. The van der Waals surface area contributed by atoms with Crippen molar-refractivity contribution in [1.82, 2.24) is 9.78 Å². The number of anilines is 1. The summed E-state index contributed by atoms with van der Waals surface area (Å²) in [5.41, 5.74) is 6.82. The minimum absolute atomic E-state index is 0.0738. The lowest BCUT2D eigenvalue weighted by atomic mass is 10.3. The van der Waals surface area contributed by atoms with Gasteiger partial charge in [-0.15, -0.1) is 5.11 Å². The topological polar surface area (TPSA) is 97.8 Å². The third kappa shape index (κ3) is 2.98. The molecule has 23 heavy (non-hydrogen) atoms. The van der Waals surface area contributed by atoms with Gasteiger partial charge in [0, 0.05) is 0 Å². The van der Waals surface area contributed by atoms with Crippen LogP contribution >= 0.6 is 0 Å². The highest BCUT2D eigenvalue weighted by Gasteiger charge is 2.13. The molecular formula is C16H15N5O2. The summed E-state index contributed by atoms with van der Waals surface area (Å²) < 4.78 is 6.41. The zero-order valence-corrected chi connectivity index (χ0v) is 12.4. The first-order valence-corrected chi connectivity index (χ1v) is 6.91. The molecule has 7 heteroatoms. The van der Waals surface area contributed by atoms with Gasteiger partial charge in [-0.05, 0) is 36.4 Å². The Labute approximate surface area is 132 Å². The minimum atomic E-state index is -0.368.